The highest BCUT2D eigenvalue weighted by molar-refractivity contribution is 7.99. The minimum atomic E-state index is -0.514. The molecule has 0 bridgehead atoms. The van der Waals surface area contributed by atoms with E-state index in [9.17, 15) is 14.9 Å². The van der Waals surface area contributed by atoms with Gasteiger partial charge in [0.1, 0.15) is 5.76 Å². The minimum Gasteiger partial charge on any atom is -0.469 e. The molecule has 0 aliphatic rings. The molecule has 0 N–H and O–H groups in total. The first-order valence-corrected chi connectivity index (χ1v) is 10.4. The summed E-state index contributed by atoms with van der Waals surface area (Å²) in [5, 5.41) is 20.2. The number of hydrogen-bond acceptors (Lipinski definition) is 7. The quantitative estimate of drug-likeness (QED) is 0.170. The third kappa shape index (κ3) is 4.56. The number of carbonyl (C=O) groups is 1. The van der Waals surface area contributed by atoms with Gasteiger partial charge in [0.05, 0.1) is 29.0 Å². The Hall–Kier alpha value is -3.72. The Balaban J connectivity index is 1.60. The molecule has 2 aromatic heterocycles. The van der Waals surface area contributed by atoms with E-state index in [1.54, 1.807) is 12.3 Å². The van der Waals surface area contributed by atoms with Crippen LogP contribution in [0.5, 0.6) is 0 Å². The lowest BCUT2D eigenvalue weighted by molar-refractivity contribution is -0.384. The van der Waals surface area contributed by atoms with Crippen molar-refractivity contribution in [2.24, 2.45) is 0 Å². The number of furan rings is 1. The molecule has 9 heteroatoms. The molecule has 0 radical (unpaired) electrons. The maximum Gasteiger partial charge on any atom is 0.270 e. The van der Waals surface area contributed by atoms with Crippen molar-refractivity contribution in [2.45, 2.75) is 18.6 Å². The van der Waals surface area contributed by atoms with Crippen molar-refractivity contribution < 1.29 is 14.1 Å². The van der Waals surface area contributed by atoms with Gasteiger partial charge < -0.3 is 4.42 Å². The van der Waals surface area contributed by atoms with Gasteiger partial charge in [-0.25, -0.2) is 0 Å². The number of rotatable bonds is 8. The number of thioether (sulfide) groups is 1. The predicted octanol–water partition coefficient (Wildman–Crippen LogP) is 4.78. The van der Waals surface area contributed by atoms with Gasteiger partial charge in [-0.1, -0.05) is 54.2 Å². The highest BCUT2D eigenvalue weighted by atomic mass is 32.2. The number of nitro benzene ring substituents is 1. The molecule has 156 valence electrons. The van der Waals surface area contributed by atoms with Crippen molar-refractivity contribution >= 4 is 23.2 Å². The summed E-state index contributed by atoms with van der Waals surface area (Å²) in [5.41, 5.74) is 2.08. The van der Waals surface area contributed by atoms with E-state index < -0.39 is 4.92 Å². The van der Waals surface area contributed by atoms with E-state index in [0.29, 0.717) is 23.1 Å². The summed E-state index contributed by atoms with van der Waals surface area (Å²) in [6, 6.07) is 17.5. The number of aromatic nitrogens is 3. The van der Waals surface area contributed by atoms with Crippen molar-refractivity contribution in [2.75, 3.05) is 5.75 Å². The lowest BCUT2D eigenvalue weighted by atomic mass is 10.1. The second-order valence-corrected chi connectivity index (χ2v) is 7.73. The lowest BCUT2D eigenvalue weighted by Crippen LogP contribution is -2.07. The minimum absolute atomic E-state index is 0.0818. The second-order valence-electron chi connectivity index (χ2n) is 6.79. The van der Waals surface area contributed by atoms with Crippen LogP contribution in [-0.2, 0) is 6.54 Å². The Morgan fingerprint density at radius 3 is 2.65 bits per heavy atom. The van der Waals surface area contributed by atoms with Gasteiger partial charge in [0.2, 0.25) is 0 Å². The molecule has 31 heavy (non-hydrogen) atoms. The molecular weight excluding hydrogens is 416 g/mol. The number of ketones is 1. The van der Waals surface area contributed by atoms with Gasteiger partial charge in [0.15, 0.2) is 16.8 Å². The Labute approximate surface area is 182 Å². The van der Waals surface area contributed by atoms with E-state index in [4.69, 9.17) is 4.42 Å². The van der Waals surface area contributed by atoms with Crippen LogP contribution >= 0.6 is 11.8 Å². The first-order chi connectivity index (χ1) is 15.0. The van der Waals surface area contributed by atoms with Crippen LogP contribution in [0.25, 0.3) is 11.4 Å². The molecule has 0 saturated heterocycles. The van der Waals surface area contributed by atoms with Crippen molar-refractivity contribution in [3.63, 3.8) is 0 Å². The van der Waals surface area contributed by atoms with Crippen LogP contribution in [0.15, 0.2) is 76.5 Å². The topological polar surface area (TPSA) is 104 Å². The van der Waals surface area contributed by atoms with E-state index in [1.807, 2.05) is 47.9 Å². The molecule has 4 rings (SSSR count). The van der Waals surface area contributed by atoms with E-state index in [0.717, 1.165) is 16.9 Å². The summed E-state index contributed by atoms with van der Waals surface area (Å²) >= 11 is 1.25. The smallest absolute Gasteiger partial charge is 0.270 e. The van der Waals surface area contributed by atoms with Crippen LogP contribution in [0.3, 0.4) is 0 Å². The molecule has 0 unspecified atom stereocenters. The van der Waals surface area contributed by atoms with Crippen molar-refractivity contribution in [1.29, 1.82) is 0 Å². The summed E-state index contributed by atoms with van der Waals surface area (Å²) in [5.74, 6) is 1.24. The van der Waals surface area contributed by atoms with Gasteiger partial charge in [-0.05, 0) is 18.6 Å². The van der Waals surface area contributed by atoms with Crippen molar-refractivity contribution in [3.8, 4) is 11.4 Å². The van der Waals surface area contributed by atoms with Gasteiger partial charge >= 0.3 is 0 Å². The third-order valence-electron chi connectivity index (χ3n) is 4.71. The molecule has 8 nitrogen and oxygen atoms in total. The van der Waals surface area contributed by atoms with Crippen LogP contribution in [-0.4, -0.2) is 31.2 Å². The molecule has 0 saturated carbocycles. The van der Waals surface area contributed by atoms with Gasteiger partial charge in [-0.2, -0.15) is 0 Å². The van der Waals surface area contributed by atoms with E-state index in [1.165, 1.54) is 30.0 Å². The molecule has 0 aliphatic heterocycles. The third-order valence-corrected chi connectivity index (χ3v) is 5.68. The first kappa shape index (κ1) is 20.5. The first-order valence-electron chi connectivity index (χ1n) is 9.45. The number of non-ortho nitro benzene ring substituents is 1. The fourth-order valence-electron chi connectivity index (χ4n) is 3.13. The van der Waals surface area contributed by atoms with Crippen LogP contribution in [0.1, 0.15) is 21.7 Å². The van der Waals surface area contributed by atoms with Crippen LogP contribution in [0.4, 0.5) is 5.69 Å². The average molecular weight is 434 g/mol. The van der Waals surface area contributed by atoms with Crippen LogP contribution in [0, 0.1) is 17.0 Å². The Morgan fingerprint density at radius 2 is 1.94 bits per heavy atom. The molecule has 4 aromatic rings. The fourth-order valence-corrected chi connectivity index (χ4v) is 3.96. The predicted molar refractivity (Wildman–Crippen MR) is 116 cm³/mol. The number of Topliss-reactive ketones (excluding diaryl/α,β-unsaturated/α-hetero) is 1. The maximum atomic E-state index is 12.6. The Bertz CT molecular complexity index is 1230. The number of nitro groups is 1. The number of aryl methyl sites for hydroxylation is 1. The number of carbonyl (C=O) groups excluding carboxylic acids is 1. The largest absolute Gasteiger partial charge is 0.469 e. The second kappa shape index (κ2) is 8.97. The standard InChI is InChI=1S/C22H18N4O4S/c1-15-19(10-11-30-15)21-23-24-22(25(21)13-16-6-3-2-4-7-16)31-14-20(27)17-8-5-9-18(12-17)26(28)29/h2-12H,13-14H2,1H3. The Kier molecular flexibility index (Phi) is 5.94. The monoisotopic (exact) mass is 434 g/mol. The lowest BCUT2D eigenvalue weighted by Gasteiger charge is -2.10. The van der Waals surface area contributed by atoms with Crippen LogP contribution in [0.2, 0.25) is 0 Å². The SMILES string of the molecule is Cc1occc1-c1nnc(SCC(=O)c2cccc([N+](=O)[O-])c2)n1Cc1ccccc1. The summed E-state index contributed by atoms with van der Waals surface area (Å²) in [4.78, 5) is 23.1. The van der Waals surface area contributed by atoms with E-state index >= 15 is 0 Å². The highest BCUT2D eigenvalue weighted by Gasteiger charge is 2.19. The van der Waals surface area contributed by atoms with Crippen molar-refractivity contribution in [3.05, 3.63) is 93.9 Å². The van der Waals surface area contributed by atoms with Gasteiger partial charge in [-0.3, -0.25) is 19.5 Å². The number of hydrogen-bond donors (Lipinski definition) is 0. The molecular formula is C22H18N4O4S. The molecule has 0 amide bonds. The zero-order valence-corrected chi connectivity index (χ0v) is 17.4. The maximum absolute atomic E-state index is 12.6. The van der Waals surface area contributed by atoms with Gasteiger partial charge in [-0.15, -0.1) is 10.2 Å². The van der Waals surface area contributed by atoms with Crippen LogP contribution < -0.4 is 0 Å². The Morgan fingerprint density at radius 1 is 1.13 bits per heavy atom. The summed E-state index contributed by atoms with van der Waals surface area (Å²) in [7, 11) is 0. The fraction of sp³-hybridized carbons (Fsp3) is 0.136. The van der Waals surface area contributed by atoms with Gasteiger partial charge in [0, 0.05) is 17.7 Å². The number of benzene rings is 2. The highest BCUT2D eigenvalue weighted by Crippen LogP contribution is 2.28. The normalized spacial score (nSPS) is 10.9. The van der Waals surface area contributed by atoms with E-state index in [2.05, 4.69) is 10.2 Å². The van der Waals surface area contributed by atoms with E-state index in [-0.39, 0.29) is 17.2 Å². The average Bonchev–Trinajstić information content (AvgIpc) is 3.38. The van der Waals surface area contributed by atoms with Gasteiger partial charge in [0.25, 0.3) is 5.69 Å². The number of nitrogens with zero attached hydrogens (tertiary/aromatic N) is 4. The zero-order chi connectivity index (χ0) is 21.8. The molecule has 0 aliphatic carbocycles. The molecule has 2 aromatic carbocycles. The summed E-state index contributed by atoms with van der Waals surface area (Å²) < 4.78 is 7.37. The molecule has 0 spiro atoms. The molecule has 2 heterocycles. The summed E-state index contributed by atoms with van der Waals surface area (Å²) in [6.07, 6.45) is 1.60. The molecule has 0 fully saturated rings. The molecule has 0 atom stereocenters. The van der Waals surface area contributed by atoms with Crippen molar-refractivity contribution in [1.82, 2.24) is 14.8 Å². The zero-order valence-electron chi connectivity index (χ0n) is 16.6. The summed E-state index contributed by atoms with van der Waals surface area (Å²) in [6.45, 7) is 2.39.